The predicted molar refractivity (Wildman–Crippen MR) is 108 cm³/mol. The van der Waals surface area contributed by atoms with Crippen LogP contribution in [0.1, 0.15) is 30.6 Å². The van der Waals surface area contributed by atoms with E-state index in [2.05, 4.69) is 25.3 Å². The molecule has 1 aromatic carbocycles. The summed E-state index contributed by atoms with van der Waals surface area (Å²) in [6.07, 6.45) is 5.54. The van der Waals surface area contributed by atoms with Crippen LogP contribution in [-0.2, 0) is 0 Å². The molecule has 1 unspecified atom stereocenters. The molecule has 144 valence electrons. The van der Waals surface area contributed by atoms with Crippen LogP contribution < -0.4 is 21.9 Å². The highest BCUT2D eigenvalue weighted by atomic mass is 16.1. The summed E-state index contributed by atoms with van der Waals surface area (Å²) in [6, 6.07) is 9.24. The average Bonchev–Trinajstić information content (AvgIpc) is 2.73. The third-order valence-electron chi connectivity index (χ3n) is 4.29. The number of hydrazine groups is 1. The van der Waals surface area contributed by atoms with Gasteiger partial charge in [0.05, 0.1) is 0 Å². The van der Waals surface area contributed by atoms with Crippen LogP contribution in [0.2, 0.25) is 0 Å². The zero-order chi connectivity index (χ0) is 20.1. The fraction of sp³-hybridized carbons (Fsp3) is 0.211. The lowest BCUT2D eigenvalue weighted by Gasteiger charge is -2.23. The lowest BCUT2D eigenvalue weighted by molar-refractivity contribution is 0.100. The maximum Gasteiger partial charge on any atom is 0.254 e. The second kappa shape index (κ2) is 8.40. The summed E-state index contributed by atoms with van der Waals surface area (Å²) < 4.78 is 0. The first-order chi connectivity index (χ1) is 13.5. The Labute approximate surface area is 162 Å². The van der Waals surface area contributed by atoms with E-state index in [1.807, 2.05) is 38.1 Å². The van der Waals surface area contributed by atoms with E-state index in [0.717, 1.165) is 12.0 Å². The van der Waals surface area contributed by atoms with Gasteiger partial charge in [-0.1, -0.05) is 19.1 Å². The number of amides is 1. The van der Waals surface area contributed by atoms with E-state index in [1.54, 1.807) is 18.5 Å². The Morgan fingerprint density at radius 3 is 2.64 bits per heavy atom. The molecule has 5 N–H and O–H groups in total. The van der Waals surface area contributed by atoms with E-state index in [1.165, 1.54) is 11.2 Å². The van der Waals surface area contributed by atoms with Crippen LogP contribution >= 0.6 is 0 Å². The number of rotatable bonds is 7. The fourth-order valence-corrected chi connectivity index (χ4v) is 2.49. The first kappa shape index (κ1) is 19.2. The molecule has 0 aliphatic heterocycles. The van der Waals surface area contributed by atoms with Crippen LogP contribution in [0.4, 0.5) is 17.5 Å². The maximum absolute atomic E-state index is 11.8. The van der Waals surface area contributed by atoms with Crippen molar-refractivity contribution in [2.24, 2.45) is 11.6 Å². The van der Waals surface area contributed by atoms with Gasteiger partial charge >= 0.3 is 0 Å². The van der Waals surface area contributed by atoms with Crippen LogP contribution in [0.5, 0.6) is 0 Å². The quantitative estimate of drug-likeness (QED) is 0.421. The standard InChI is InChI=1S/C19H22N8O/c1-3-12(2)27(21)19-24-11-15(16(20)28)18(26-19)25-14-7-4-6-13(10-14)17-22-8-5-9-23-17/h4-12H,3,21H2,1-2H3,(H2,20,28)(H,24,25,26). The van der Waals surface area contributed by atoms with Gasteiger partial charge in [-0.05, 0) is 31.5 Å². The van der Waals surface area contributed by atoms with Crippen LogP contribution in [-0.4, -0.2) is 31.9 Å². The zero-order valence-corrected chi connectivity index (χ0v) is 15.7. The molecule has 1 amide bonds. The van der Waals surface area contributed by atoms with Crippen LogP contribution in [0.25, 0.3) is 11.4 Å². The SMILES string of the molecule is CCC(C)N(N)c1ncc(C(N)=O)c(Nc2cccc(-c3ncccn3)c2)n1. The topological polar surface area (TPSA) is 136 Å². The second-order valence-electron chi connectivity index (χ2n) is 6.24. The van der Waals surface area contributed by atoms with Gasteiger partial charge in [0.1, 0.15) is 11.4 Å². The Bertz CT molecular complexity index is 963. The minimum atomic E-state index is -0.635. The lowest BCUT2D eigenvalue weighted by atomic mass is 10.2. The molecule has 0 saturated carbocycles. The third kappa shape index (κ3) is 4.21. The Morgan fingerprint density at radius 2 is 1.96 bits per heavy atom. The molecule has 28 heavy (non-hydrogen) atoms. The molecular formula is C19H22N8O. The molecular weight excluding hydrogens is 356 g/mol. The molecule has 1 atom stereocenters. The van der Waals surface area contributed by atoms with Gasteiger partial charge in [-0.3, -0.25) is 9.80 Å². The number of hydrogen-bond donors (Lipinski definition) is 3. The Hall–Kier alpha value is -3.59. The molecule has 9 heteroatoms. The van der Waals surface area contributed by atoms with Gasteiger partial charge in [-0.15, -0.1) is 0 Å². The van der Waals surface area contributed by atoms with Crippen molar-refractivity contribution < 1.29 is 4.79 Å². The number of nitrogens with two attached hydrogens (primary N) is 2. The largest absolute Gasteiger partial charge is 0.365 e. The maximum atomic E-state index is 11.8. The van der Waals surface area contributed by atoms with E-state index in [9.17, 15) is 4.79 Å². The summed E-state index contributed by atoms with van der Waals surface area (Å²) in [5.74, 6) is 6.62. The van der Waals surface area contributed by atoms with Crippen molar-refractivity contribution in [2.45, 2.75) is 26.3 Å². The lowest BCUT2D eigenvalue weighted by Crippen LogP contribution is -2.40. The van der Waals surface area contributed by atoms with E-state index < -0.39 is 5.91 Å². The molecule has 3 aromatic rings. The first-order valence-corrected chi connectivity index (χ1v) is 8.84. The van der Waals surface area contributed by atoms with Crippen molar-refractivity contribution in [3.8, 4) is 11.4 Å². The number of anilines is 3. The van der Waals surface area contributed by atoms with Crippen LogP contribution in [0.3, 0.4) is 0 Å². The monoisotopic (exact) mass is 378 g/mol. The summed E-state index contributed by atoms with van der Waals surface area (Å²) in [5.41, 5.74) is 7.16. The molecule has 9 nitrogen and oxygen atoms in total. The fourth-order valence-electron chi connectivity index (χ4n) is 2.49. The summed E-state index contributed by atoms with van der Waals surface area (Å²) in [5, 5.41) is 4.59. The third-order valence-corrected chi connectivity index (χ3v) is 4.29. The van der Waals surface area contributed by atoms with Gasteiger partial charge in [-0.25, -0.2) is 20.8 Å². The van der Waals surface area contributed by atoms with Gasteiger partial charge < -0.3 is 11.1 Å². The Balaban J connectivity index is 1.95. The van der Waals surface area contributed by atoms with Crippen molar-refractivity contribution in [3.05, 3.63) is 54.5 Å². The van der Waals surface area contributed by atoms with E-state index in [0.29, 0.717) is 17.5 Å². The number of aromatic nitrogens is 4. The number of carbonyl (C=O) groups excluding carboxylic acids is 1. The molecule has 2 aromatic heterocycles. The van der Waals surface area contributed by atoms with E-state index in [-0.39, 0.29) is 17.4 Å². The van der Waals surface area contributed by atoms with Crippen molar-refractivity contribution >= 4 is 23.4 Å². The number of carbonyl (C=O) groups is 1. The molecule has 0 saturated heterocycles. The second-order valence-corrected chi connectivity index (χ2v) is 6.24. The molecule has 0 radical (unpaired) electrons. The minimum absolute atomic E-state index is 0.0332. The van der Waals surface area contributed by atoms with Gasteiger partial charge in [0.15, 0.2) is 5.82 Å². The van der Waals surface area contributed by atoms with Crippen LogP contribution in [0.15, 0.2) is 48.9 Å². The Kier molecular flexibility index (Phi) is 5.75. The van der Waals surface area contributed by atoms with Crippen molar-refractivity contribution in [2.75, 3.05) is 10.3 Å². The smallest absolute Gasteiger partial charge is 0.254 e. The van der Waals surface area contributed by atoms with E-state index >= 15 is 0 Å². The first-order valence-electron chi connectivity index (χ1n) is 8.84. The van der Waals surface area contributed by atoms with Crippen molar-refractivity contribution in [3.63, 3.8) is 0 Å². The van der Waals surface area contributed by atoms with Crippen LogP contribution in [0, 0.1) is 0 Å². The molecule has 2 heterocycles. The average molecular weight is 378 g/mol. The van der Waals surface area contributed by atoms with Gasteiger partial charge in [0, 0.05) is 35.9 Å². The number of nitrogens with zero attached hydrogens (tertiary/aromatic N) is 5. The highest BCUT2D eigenvalue weighted by Gasteiger charge is 2.17. The molecule has 0 aliphatic rings. The van der Waals surface area contributed by atoms with Gasteiger partial charge in [0.25, 0.3) is 5.91 Å². The number of nitrogens with one attached hydrogen (secondary N) is 1. The highest BCUT2D eigenvalue weighted by Crippen LogP contribution is 2.24. The van der Waals surface area contributed by atoms with E-state index in [4.69, 9.17) is 11.6 Å². The Morgan fingerprint density at radius 1 is 1.21 bits per heavy atom. The molecule has 3 rings (SSSR count). The number of benzene rings is 1. The van der Waals surface area contributed by atoms with Crippen molar-refractivity contribution in [1.29, 1.82) is 0 Å². The summed E-state index contributed by atoms with van der Waals surface area (Å²) in [4.78, 5) is 28.9. The summed E-state index contributed by atoms with van der Waals surface area (Å²) in [7, 11) is 0. The number of hydrogen-bond acceptors (Lipinski definition) is 8. The minimum Gasteiger partial charge on any atom is -0.365 e. The predicted octanol–water partition coefficient (Wildman–Crippen LogP) is 2.25. The molecule has 0 fully saturated rings. The molecule has 0 spiro atoms. The molecule has 0 aliphatic carbocycles. The zero-order valence-electron chi connectivity index (χ0n) is 15.7. The highest BCUT2D eigenvalue weighted by molar-refractivity contribution is 5.98. The number of primary amides is 1. The van der Waals surface area contributed by atoms with Crippen molar-refractivity contribution in [1.82, 2.24) is 19.9 Å². The summed E-state index contributed by atoms with van der Waals surface area (Å²) >= 11 is 0. The normalized spacial score (nSPS) is 11.7. The molecule has 0 bridgehead atoms. The van der Waals surface area contributed by atoms with Gasteiger partial charge in [-0.2, -0.15) is 4.98 Å². The summed E-state index contributed by atoms with van der Waals surface area (Å²) in [6.45, 7) is 3.97. The van der Waals surface area contributed by atoms with Gasteiger partial charge in [0.2, 0.25) is 5.95 Å².